The lowest BCUT2D eigenvalue weighted by molar-refractivity contribution is 0.102. The normalized spacial score (nSPS) is 11.4. The van der Waals surface area contributed by atoms with E-state index in [1.54, 1.807) is 11.3 Å². The average Bonchev–Trinajstić information content (AvgIpc) is 3.56. The number of rotatable bonds is 7. The lowest BCUT2D eigenvalue weighted by Gasteiger charge is -2.08. The Labute approximate surface area is 187 Å². The van der Waals surface area contributed by atoms with Gasteiger partial charge in [0.05, 0.1) is 17.9 Å². The number of carbonyl (C=O) groups is 1. The summed E-state index contributed by atoms with van der Waals surface area (Å²) >= 11 is 2.99. The first kappa shape index (κ1) is 19.8. The molecule has 5 aromatic rings. The van der Waals surface area contributed by atoms with Crippen LogP contribution in [-0.2, 0) is 6.54 Å². The van der Waals surface area contributed by atoms with Crippen molar-refractivity contribution >= 4 is 39.8 Å². The van der Waals surface area contributed by atoms with E-state index in [1.165, 1.54) is 16.6 Å². The molecule has 6 nitrogen and oxygen atoms in total. The van der Waals surface area contributed by atoms with Gasteiger partial charge in [-0.15, -0.1) is 21.5 Å². The smallest absolute Gasteiger partial charge is 0.277 e. The molecule has 0 aliphatic heterocycles. The van der Waals surface area contributed by atoms with Crippen molar-refractivity contribution in [2.45, 2.75) is 25.6 Å². The first-order valence-electron chi connectivity index (χ1n) is 9.85. The number of ketones is 1. The van der Waals surface area contributed by atoms with Gasteiger partial charge < -0.3 is 14.0 Å². The van der Waals surface area contributed by atoms with Crippen molar-refractivity contribution < 1.29 is 9.21 Å². The standard InChI is InChI=1S/C23H20N4O2S2/c1-14-10-18(15(2)27(14)12-16-6-5-9-30-16)21(28)13-31-23-26-25-22(29-23)19-11-24-20-8-4-3-7-17(19)20/h3-11,24H,12-13H2,1-2H3. The maximum atomic E-state index is 12.9. The summed E-state index contributed by atoms with van der Waals surface area (Å²) in [5, 5.41) is 11.8. The Morgan fingerprint density at radius 1 is 1.19 bits per heavy atom. The predicted molar refractivity (Wildman–Crippen MR) is 124 cm³/mol. The summed E-state index contributed by atoms with van der Waals surface area (Å²) in [6.45, 7) is 4.82. The van der Waals surface area contributed by atoms with Gasteiger partial charge in [0, 0.05) is 38.9 Å². The molecule has 0 aliphatic rings. The quantitative estimate of drug-likeness (QED) is 0.254. The molecule has 1 aromatic carbocycles. The monoisotopic (exact) mass is 448 g/mol. The molecule has 0 radical (unpaired) electrons. The van der Waals surface area contributed by atoms with Crippen LogP contribution in [0.25, 0.3) is 22.4 Å². The van der Waals surface area contributed by atoms with Crippen LogP contribution in [0.2, 0.25) is 0 Å². The highest BCUT2D eigenvalue weighted by atomic mass is 32.2. The maximum absolute atomic E-state index is 12.9. The van der Waals surface area contributed by atoms with E-state index in [4.69, 9.17) is 4.42 Å². The predicted octanol–water partition coefficient (Wildman–Crippen LogP) is 5.72. The molecule has 31 heavy (non-hydrogen) atoms. The second-order valence-electron chi connectivity index (χ2n) is 7.28. The number of fused-ring (bicyclic) bond motifs is 1. The fourth-order valence-electron chi connectivity index (χ4n) is 3.72. The number of Topliss-reactive ketones (excluding diaryl/α,β-unsaturated/α-hetero) is 1. The van der Waals surface area contributed by atoms with E-state index < -0.39 is 0 Å². The number of hydrogen-bond acceptors (Lipinski definition) is 6. The zero-order valence-electron chi connectivity index (χ0n) is 17.1. The van der Waals surface area contributed by atoms with E-state index in [9.17, 15) is 4.79 Å². The highest BCUT2D eigenvalue weighted by molar-refractivity contribution is 7.99. The summed E-state index contributed by atoms with van der Waals surface area (Å²) in [7, 11) is 0. The van der Waals surface area contributed by atoms with E-state index in [0.717, 1.165) is 40.0 Å². The van der Waals surface area contributed by atoms with Gasteiger partial charge in [0.2, 0.25) is 0 Å². The van der Waals surface area contributed by atoms with Crippen LogP contribution in [0.3, 0.4) is 0 Å². The molecule has 0 amide bonds. The number of thiophene rings is 1. The fraction of sp³-hybridized carbons (Fsp3) is 0.174. The molecular weight excluding hydrogens is 428 g/mol. The third kappa shape index (κ3) is 3.84. The number of nitrogens with one attached hydrogen (secondary N) is 1. The van der Waals surface area contributed by atoms with Crippen molar-refractivity contribution in [3.63, 3.8) is 0 Å². The first-order valence-corrected chi connectivity index (χ1v) is 11.7. The van der Waals surface area contributed by atoms with Gasteiger partial charge in [-0.1, -0.05) is 36.0 Å². The number of hydrogen-bond donors (Lipinski definition) is 1. The Morgan fingerprint density at radius 2 is 2.06 bits per heavy atom. The number of benzene rings is 1. The molecule has 0 unspecified atom stereocenters. The number of aromatic amines is 1. The molecule has 0 aliphatic carbocycles. The Bertz CT molecular complexity index is 1360. The minimum atomic E-state index is 0.0578. The van der Waals surface area contributed by atoms with Crippen LogP contribution in [0.4, 0.5) is 0 Å². The molecule has 4 aromatic heterocycles. The molecule has 0 bridgehead atoms. The lowest BCUT2D eigenvalue weighted by atomic mass is 10.2. The highest BCUT2D eigenvalue weighted by Gasteiger charge is 2.19. The largest absolute Gasteiger partial charge is 0.411 e. The second-order valence-corrected chi connectivity index (χ2v) is 9.24. The molecule has 8 heteroatoms. The van der Waals surface area contributed by atoms with Crippen LogP contribution in [0.1, 0.15) is 26.6 Å². The third-order valence-electron chi connectivity index (χ3n) is 5.32. The summed E-state index contributed by atoms with van der Waals surface area (Å²) in [6, 6.07) is 14.1. The van der Waals surface area contributed by atoms with Crippen molar-refractivity contribution in [3.8, 4) is 11.5 Å². The first-order chi connectivity index (χ1) is 15.1. The van der Waals surface area contributed by atoms with Crippen LogP contribution in [0.5, 0.6) is 0 Å². The van der Waals surface area contributed by atoms with Gasteiger partial charge in [-0.25, -0.2) is 0 Å². The molecule has 0 spiro atoms. The Balaban J connectivity index is 1.29. The van der Waals surface area contributed by atoms with Crippen LogP contribution < -0.4 is 0 Å². The summed E-state index contributed by atoms with van der Waals surface area (Å²) in [4.78, 5) is 17.4. The number of carbonyl (C=O) groups excluding carboxylic acids is 1. The third-order valence-corrected chi connectivity index (χ3v) is 7.00. The SMILES string of the molecule is Cc1cc(C(=O)CSc2nnc(-c3c[nH]c4ccccc34)o2)c(C)n1Cc1cccs1. The topological polar surface area (TPSA) is 76.7 Å². The zero-order valence-corrected chi connectivity index (χ0v) is 18.7. The molecule has 0 atom stereocenters. The van der Waals surface area contributed by atoms with Gasteiger partial charge >= 0.3 is 0 Å². The van der Waals surface area contributed by atoms with Crippen LogP contribution >= 0.6 is 23.1 Å². The molecule has 0 saturated carbocycles. The van der Waals surface area contributed by atoms with Crippen LogP contribution in [0.15, 0.2) is 63.7 Å². The van der Waals surface area contributed by atoms with E-state index in [2.05, 4.69) is 31.2 Å². The number of nitrogens with zero attached hydrogens (tertiary/aromatic N) is 3. The lowest BCUT2D eigenvalue weighted by Crippen LogP contribution is -2.07. The van der Waals surface area contributed by atoms with Crippen LogP contribution in [0, 0.1) is 13.8 Å². The fourth-order valence-corrected chi connectivity index (χ4v) is 5.05. The minimum Gasteiger partial charge on any atom is -0.411 e. The molecule has 0 saturated heterocycles. The van der Waals surface area contributed by atoms with E-state index in [-0.39, 0.29) is 11.5 Å². The number of H-pyrrole nitrogens is 1. The molecular formula is C23H20N4O2S2. The Kier molecular flexibility index (Phi) is 5.25. The summed E-state index contributed by atoms with van der Waals surface area (Å²) in [5.41, 5.74) is 4.69. The van der Waals surface area contributed by atoms with Crippen molar-refractivity contribution in [2.24, 2.45) is 0 Å². The van der Waals surface area contributed by atoms with Crippen LogP contribution in [-0.4, -0.2) is 31.3 Å². The maximum Gasteiger partial charge on any atom is 0.277 e. The van der Waals surface area contributed by atoms with E-state index in [0.29, 0.717) is 11.1 Å². The number of aryl methyl sites for hydroxylation is 1. The number of thioether (sulfide) groups is 1. The number of aromatic nitrogens is 4. The molecule has 156 valence electrons. The van der Waals surface area contributed by atoms with Gasteiger partial charge in [0.25, 0.3) is 11.1 Å². The van der Waals surface area contributed by atoms with Gasteiger partial charge in [-0.2, -0.15) is 0 Å². The number of para-hydroxylation sites is 1. The van der Waals surface area contributed by atoms with Gasteiger partial charge in [-0.05, 0) is 37.4 Å². The average molecular weight is 449 g/mol. The Morgan fingerprint density at radius 3 is 2.90 bits per heavy atom. The molecule has 0 fully saturated rings. The van der Waals surface area contributed by atoms with Crippen molar-refractivity contribution in [1.29, 1.82) is 0 Å². The highest BCUT2D eigenvalue weighted by Crippen LogP contribution is 2.30. The van der Waals surface area contributed by atoms with Crippen molar-refractivity contribution in [1.82, 2.24) is 19.7 Å². The van der Waals surface area contributed by atoms with Crippen molar-refractivity contribution in [3.05, 3.63) is 75.9 Å². The van der Waals surface area contributed by atoms with Gasteiger partial charge in [0.15, 0.2) is 5.78 Å². The van der Waals surface area contributed by atoms with E-state index >= 15 is 0 Å². The van der Waals surface area contributed by atoms with Crippen molar-refractivity contribution in [2.75, 3.05) is 5.75 Å². The Hall–Kier alpha value is -3.10. The summed E-state index contributed by atoms with van der Waals surface area (Å²) < 4.78 is 8.00. The zero-order chi connectivity index (χ0) is 21.4. The van der Waals surface area contributed by atoms with Gasteiger partial charge in [-0.3, -0.25) is 4.79 Å². The summed E-state index contributed by atoms with van der Waals surface area (Å²) in [5.74, 6) is 0.752. The molecule has 5 rings (SSSR count). The molecule has 1 N–H and O–H groups in total. The minimum absolute atomic E-state index is 0.0578. The van der Waals surface area contributed by atoms with E-state index in [1.807, 2.05) is 56.4 Å². The molecule has 4 heterocycles. The van der Waals surface area contributed by atoms with Gasteiger partial charge in [0.1, 0.15) is 0 Å². The summed E-state index contributed by atoms with van der Waals surface area (Å²) in [6.07, 6.45) is 1.86. The second kappa shape index (κ2) is 8.20.